The van der Waals surface area contributed by atoms with E-state index >= 15 is 0 Å². The molecule has 0 spiro atoms. The van der Waals surface area contributed by atoms with Gasteiger partial charge >= 0.3 is 0 Å². The molecule has 0 aliphatic carbocycles. The van der Waals surface area contributed by atoms with Gasteiger partial charge in [0.1, 0.15) is 0 Å². The molecular formula is C9H6BrN3. The third-order valence-corrected chi connectivity index (χ3v) is 1.76. The normalized spacial score (nSPS) is 8.08. The summed E-state index contributed by atoms with van der Waals surface area (Å²) in [4.78, 5) is 2.60. The van der Waals surface area contributed by atoms with Gasteiger partial charge in [-0.25, -0.2) is 0 Å². The largest absolute Gasteiger partial charge is 0.0919 e. The lowest BCUT2D eigenvalue weighted by molar-refractivity contribution is 1.25. The fourth-order valence-corrected chi connectivity index (χ4v) is 1.17. The molecule has 0 aliphatic rings. The highest BCUT2D eigenvalue weighted by Gasteiger charge is 1.86. The molecule has 1 rings (SSSR count). The SMILES string of the molecule is [N-]=[N+]=NCC#Cc1cccc(Br)c1. The van der Waals surface area contributed by atoms with Gasteiger partial charge in [-0.3, -0.25) is 0 Å². The van der Waals surface area contributed by atoms with Crippen molar-refractivity contribution in [3.05, 3.63) is 44.7 Å². The van der Waals surface area contributed by atoms with Gasteiger partial charge in [0.25, 0.3) is 0 Å². The van der Waals surface area contributed by atoms with Crippen LogP contribution in [0.5, 0.6) is 0 Å². The molecule has 0 aliphatic heterocycles. The Hall–Kier alpha value is -1.43. The van der Waals surface area contributed by atoms with E-state index in [1.165, 1.54) is 0 Å². The van der Waals surface area contributed by atoms with Crippen LogP contribution in [0.2, 0.25) is 0 Å². The molecule has 0 atom stereocenters. The predicted molar refractivity (Wildman–Crippen MR) is 55.0 cm³/mol. The van der Waals surface area contributed by atoms with Gasteiger partial charge in [-0.05, 0) is 23.7 Å². The smallest absolute Gasteiger partial charge is 0.0880 e. The third kappa shape index (κ3) is 3.66. The van der Waals surface area contributed by atoms with Gasteiger partial charge in [-0.1, -0.05) is 39.0 Å². The number of azide groups is 1. The second-order valence-corrected chi connectivity index (χ2v) is 3.12. The van der Waals surface area contributed by atoms with E-state index in [0.717, 1.165) is 10.0 Å². The number of benzene rings is 1. The van der Waals surface area contributed by atoms with Gasteiger partial charge in [0, 0.05) is 14.9 Å². The summed E-state index contributed by atoms with van der Waals surface area (Å²) in [6, 6.07) is 7.64. The van der Waals surface area contributed by atoms with Crippen LogP contribution in [-0.4, -0.2) is 6.54 Å². The van der Waals surface area contributed by atoms with Crippen LogP contribution in [0.4, 0.5) is 0 Å². The molecule has 13 heavy (non-hydrogen) atoms. The lowest BCUT2D eigenvalue weighted by Crippen LogP contribution is -1.74. The second kappa shape index (κ2) is 5.26. The van der Waals surface area contributed by atoms with E-state index in [-0.39, 0.29) is 6.54 Å². The standard InChI is InChI=1S/C9H6BrN3/c10-9-5-1-3-8(7-9)4-2-6-12-13-11/h1,3,5,7H,6H2. The Kier molecular flexibility index (Phi) is 3.90. The highest BCUT2D eigenvalue weighted by atomic mass is 79.9. The Morgan fingerprint density at radius 3 is 3.08 bits per heavy atom. The van der Waals surface area contributed by atoms with Crippen LogP contribution in [0, 0.1) is 11.8 Å². The van der Waals surface area contributed by atoms with E-state index in [9.17, 15) is 0 Å². The van der Waals surface area contributed by atoms with Crippen molar-refractivity contribution in [2.45, 2.75) is 0 Å². The second-order valence-electron chi connectivity index (χ2n) is 2.20. The van der Waals surface area contributed by atoms with Crippen molar-refractivity contribution in [1.29, 1.82) is 0 Å². The Balaban J connectivity index is 2.71. The minimum atomic E-state index is 0.211. The van der Waals surface area contributed by atoms with Crippen LogP contribution in [0.1, 0.15) is 5.56 Å². The van der Waals surface area contributed by atoms with Crippen molar-refractivity contribution in [2.75, 3.05) is 6.54 Å². The average Bonchev–Trinajstić information content (AvgIpc) is 2.13. The maximum Gasteiger partial charge on any atom is 0.0880 e. The van der Waals surface area contributed by atoms with Gasteiger partial charge in [0.05, 0.1) is 6.54 Å². The van der Waals surface area contributed by atoms with Gasteiger partial charge in [-0.2, -0.15) is 0 Å². The maximum absolute atomic E-state index is 7.99. The molecular weight excluding hydrogens is 230 g/mol. The summed E-state index contributed by atoms with van der Waals surface area (Å²) in [5.41, 5.74) is 8.90. The molecule has 0 aromatic heterocycles. The van der Waals surface area contributed by atoms with Gasteiger partial charge in [-0.15, -0.1) is 0 Å². The first-order chi connectivity index (χ1) is 6.33. The third-order valence-electron chi connectivity index (χ3n) is 1.27. The molecule has 4 heteroatoms. The first kappa shape index (κ1) is 9.66. The van der Waals surface area contributed by atoms with Crippen LogP contribution in [0.25, 0.3) is 10.4 Å². The summed E-state index contributed by atoms with van der Waals surface area (Å²) in [6.07, 6.45) is 0. The first-order valence-corrected chi connectivity index (χ1v) is 4.37. The van der Waals surface area contributed by atoms with Crippen LogP contribution < -0.4 is 0 Å². The Labute approximate surface area is 84.5 Å². The van der Waals surface area contributed by atoms with Crippen molar-refractivity contribution in [3.8, 4) is 11.8 Å². The monoisotopic (exact) mass is 235 g/mol. The highest BCUT2D eigenvalue weighted by molar-refractivity contribution is 9.10. The molecule has 64 valence electrons. The van der Waals surface area contributed by atoms with Gasteiger partial charge < -0.3 is 0 Å². The molecule has 0 N–H and O–H groups in total. The molecule has 1 aromatic rings. The van der Waals surface area contributed by atoms with Crippen LogP contribution in [0.15, 0.2) is 33.9 Å². The van der Waals surface area contributed by atoms with Crippen molar-refractivity contribution >= 4 is 15.9 Å². The van der Waals surface area contributed by atoms with Gasteiger partial charge in [0.15, 0.2) is 0 Å². The number of hydrogen-bond acceptors (Lipinski definition) is 1. The van der Waals surface area contributed by atoms with Crippen molar-refractivity contribution in [3.63, 3.8) is 0 Å². The molecule has 0 heterocycles. The van der Waals surface area contributed by atoms with Crippen molar-refractivity contribution in [2.24, 2.45) is 5.11 Å². The molecule has 0 saturated heterocycles. The fourth-order valence-electron chi connectivity index (χ4n) is 0.775. The minimum absolute atomic E-state index is 0.211. The lowest BCUT2D eigenvalue weighted by Gasteiger charge is -1.89. The zero-order valence-corrected chi connectivity index (χ0v) is 8.32. The Morgan fingerprint density at radius 1 is 1.54 bits per heavy atom. The summed E-state index contributed by atoms with van der Waals surface area (Å²) in [5.74, 6) is 5.61. The highest BCUT2D eigenvalue weighted by Crippen LogP contribution is 2.10. The minimum Gasteiger partial charge on any atom is -0.0919 e. The summed E-state index contributed by atoms with van der Waals surface area (Å²) in [5, 5.41) is 3.30. The van der Waals surface area contributed by atoms with Gasteiger partial charge in [0.2, 0.25) is 0 Å². The predicted octanol–water partition coefficient (Wildman–Crippen LogP) is 3.11. The van der Waals surface area contributed by atoms with Crippen LogP contribution in [-0.2, 0) is 0 Å². The van der Waals surface area contributed by atoms with Crippen LogP contribution in [0.3, 0.4) is 0 Å². The molecule has 1 aromatic carbocycles. The number of nitrogens with zero attached hydrogens (tertiary/aromatic N) is 3. The van der Waals surface area contributed by atoms with E-state index in [1.807, 2.05) is 24.3 Å². The summed E-state index contributed by atoms with van der Waals surface area (Å²) < 4.78 is 0.989. The summed E-state index contributed by atoms with van der Waals surface area (Å²) >= 11 is 3.34. The number of hydrogen-bond donors (Lipinski definition) is 0. The first-order valence-electron chi connectivity index (χ1n) is 3.58. The Bertz CT molecular complexity index is 397. The average molecular weight is 236 g/mol. The zero-order valence-electron chi connectivity index (χ0n) is 6.74. The molecule has 0 unspecified atom stereocenters. The van der Waals surface area contributed by atoms with E-state index in [0.29, 0.717) is 0 Å². The summed E-state index contributed by atoms with van der Waals surface area (Å²) in [6.45, 7) is 0.211. The zero-order chi connectivity index (χ0) is 9.52. The van der Waals surface area contributed by atoms with E-state index < -0.39 is 0 Å². The molecule has 3 nitrogen and oxygen atoms in total. The topological polar surface area (TPSA) is 48.8 Å². The Morgan fingerprint density at radius 2 is 2.38 bits per heavy atom. The molecule has 0 amide bonds. The molecule has 0 bridgehead atoms. The van der Waals surface area contributed by atoms with Crippen LogP contribution >= 0.6 is 15.9 Å². The van der Waals surface area contributed by atoms with E-state index in [4.69, 9.17) is 5.53 Å². The lowest BCUT2D eigenvalue weighted by atomic mass is 10.2. The fraction of sp³-hybridized carbons (Fsp3) is 0.111. The van der Waals surface area contributed by atoms with Crippen molar-refractivity contribution < 1.29 is 0 Å². The molecule has 0 saturated carbocycles. The maximum atomic E-state index is 7.99. The molecule has 0 fully saturated rings. The number of rotatable bonds is 1. The summed E-state index contributed by atoms with van der Waals surface area (Å²) in [7, 11) is 0. The quantitative estimate of drug-likeness (QED) is 0.311. The van der Waals surface area contributed by atoms with E-state index in [1.54, 1.807) is 0 Å². The molecule has 0 radical (unpaired) electrons. The van der Waals surface area contributed by atoms with Crippen molar-refractivity contribution in [1.82, 2.24) is 0 Å². The van der Waals surface area contributed by atoms with E-state index in [2.05, 4.69) is 37.8 Å². The number of halogens is 1.